The van der Waals surface area contributed by atoms with E-state index in [0.29, 0.717) is 0 Å². The van der Waals surface area contributed by atoms with E-state index in [0.717, 1.165) is 0 Å². The molecule has 13 N–H and O–H groups in total. The Bertz CT molecular complexity index is 768. The summed E-state index contributed by atoms with van der Waals surface area (Å²) in [5.74, 6) is -6.50. The molecule has 0 aliphatic carbocycles. The average Bonchev–Trinajstić information content (AvgIpc) is 2.71. The maximum absolute atomic E-state index is 12.7. The second-order valence-electron chi connectivity index (χ2n) is 6.84. The normalized spacial score (nSPS) is 13.0. The van der Waals surface area contributed by atoms with E-state index in [9.17, 15) is 33.9 Å². The Morgan fingerprint density at radius 2 is 1.39 bits per heavy atom. The smallest absolute Gasteiger partial charge is 0.326 e. The monoisotopic (exact) mass is 474 g/mol. The highest BCUT2D eigenvalue weighted by Gasteiger charge is 2.30. The predicted octanol–water partition coefficient (Wildman–Crippen LogP) is -4.72. The summed E-state index contributed by atoms with van der Waals surface area (Å²) in [6, 6.07) is -4.30. The molecule has 0 aliphatic rings. The molecule has 0 aromatic rings. The number of rotatable bonds is 16. The third-order valence-electron chi connectivity index (χ3n) is 4.08. The number of hydrogen-bond donors (Lipinski definition) is 9. The van der Waals surface area contributed by atoms with E-state index in [4.69, 9.17) is 28.0 Å². The first-order valence-electron chi connectivity index (χ1n) is 9.75. The molecule has 0 spiro atoms. The molecule has 0 heterocycles. The van der Waals surface area contributed by atoms with Crippen LogP contribution in [0.4, 0.5) is 0 Å². The minimum absolute atomic E-state index is 0.0618. The van der Waals surface area contributed by atoms with Crippen LogP contribution in [0.3, 0.4) is 0 Å². The van der Waals surface area contributed by atoms with Gasteiger partial charge in [-0.15, -0.1) is 0 Å². The van der Waals surface area contributed by atoms with Gasteiger partial charge in [0.1, 0.15) is 18.1 Å². The van der Waals surface area contributed by atoms with E-state index in [1.165, 1.54) is 0 Å². The van der Waals surface area contributed by atoms with Crippen molar-refractivity contribution in [2.75, 3.05) is 13.1 Å². The zero-order chi connectivity index (χ0) is 25.6. The SMILES string of the molecule is NCC(=O)NC(CC(N)=O)C(=O)NC(CCCN=C(N)N)C(=O)NC(CCC(=O)O)C(=O)O. The standard InChI is InChI=1S/C17H30N8O8/c18-7-12(27)23-10(6-11(19)26)15(31)24-8(2-1-5-22-17(20)21)14(30)25-9(16(32)33)3-4-13(28)29/h8-10H,1-7,18H2,(H2,19,26)(H,23,27)(H,24,31)(H,25,30)(H,28,29)(H,32,33)(H4,20,21,22). The summed E-state index contributed by atoms with van der Waals surface area (Å²) in [6.45, 7) is -0.396. The fourth-order valence-corrected chi connectivity index (χ4v) is 2.51. The van der Waals surface area contributed by atoms with Crippen LogP contribution in [0, 0.1) is 0 Å². The molecular weight excluding hydrogens is 444 g/mol. The molecule has 33 heavy (non-hydrogen) atoms. The van der Waals surface area contributed by atoms with Crippen LogP contribution < -0.4 is 38.9 Å². The van der Waals surface area contributed by atoms with E-state index in [1.807, 2.05) is 0 Å². The van der Waals surface area contributed by atoms with Crippen molar-refractivity contribution in [1.29, 1.82) is 0 Å². The van der Waals surface area contributed by atoms with E-state index < -0.39 is 79.5 Å². The van der Waals surface area contributed by atoms with Gasteiger partial charge in [-0.2, -0.15) is 0 Å². The number of nitrogens with zero attached hydrogens (tertiary/aromatic N) is 1. The molecule has 16 heteroatoms. The number of nitrogens with two attached hydrogens (primary N) is 4. The molecule has 3 atom stereocenters. The fourth-order valence-electron chi connectivity index (χ4n) is 2.51. The Morgan fingerprint density at radius 1 is 0.818 bits per heavy atom. The molecule has 0 aromatic carbocycles. The number of carboxylic acids is 2. The largest absolute Gasteiger partial charge is 0.481 e. The van der Waals surface area contributed by atoms with E-state index in [-0.39, 0.29) is 25.3 Å². The van der Waals surface area contributed by atoms with Gasteiger partial charge >= 0.3 is 11.9 Å². The van der Waals surface area contributed by atoms with Crippen molar-refractivity contribution < 1.29 is 39.0 Å². The summed E-state index contributed by atoms with van der Waals surface area (Å²) in [5, 5.41) is 24.6. The number of carbonyl (C=O) groups is 6. The number of aliphatic carboxylic acids is 2. The summed E-state index contributed by atoms with van der Waals surface area (Å²) >= 11 is 0. The van der Waals surface area contributed by atoms with E-state index in [2.05, 4.69) is 20.9 Å². The third kappa shape index (κ3) is 13.1. The number of carbonyl (C=O) groups excluding carboxylic acids is 4. The maximum atomic E-state index is 12.7. The molecule has 0 aromatic heterocycles. The molecule has 0 radical (unpaired) electrons. The van der Waals surface area contributed by atoms with Crippen LogP contribution >= 0.6 is 0 Å². The van der Waals surface area contributed by atoms with Crippen LogP contribution in [-0.2, 0) is 28.8 Å². The summed E-state index contributed by atoms with van der Waals surface area (Å²) < 4.78 is 0. The van der Waals surface area contributed by atoms with Crippen molar-refractivity contribution in [3.05, 3.63) is 0 Å². The van der Waals surface area contributed by atoms with Crippen LogP contribution in [0.2, 0.25) is 0 Å². The van der Waals surface area contributed by atoms with E-state index in [1.54, 1.807) is 0 Å². The molecule has 0 saturated heterocycles. The Hall–Kier alpha value is -3.95. The van der Waals surface area contributed by atoms with Gasteiger partial charge < -0.3 is 49.1 Å². The lowest BCUT2D eigenvalue weighted by Crippen LogP contribution is -2.56. The third-order valence-corrected chi connectivity index (χ3v) is 4.08. The van der Waals surface area contributed by atoms with Gasteiger partial charge in [-0.25, -0.2) is 4.79 Å². The molecule has 3 unspecified atom stereocenters. The van der Waals surface area contributed by atoms with Gasteiger partial charge in [0.15, 0.2) is 5.96 Å². The lowest BCUT2D eigenvalue weighted by molar-refractivity contribution is -0.143. The molecule has 0 bridgehead atoms. The number of amides is 4. The van der Waals surface area contributed by atoms with Crippen LogP contribution in [0.1, 0.15) is 32.1 Å². The Balaban J connectivity index is 5.51. The van der Waals surface area contributed by atoms with Crippen LogP contribution in [0.5, 0.6) is 0 Å². The zero-order valence-corrected chi connectivity index (χ0v) is 17.8. The number of hydrogen-bond acceptors (Lipinski definition) is 8. The molecular formula is C17H30N8O8. The first-order chi connectivity index (χ1) is 15.4. The summed E-state index contributed by atoms with van der Waals surface area (Å²) in [6.07, 6.45) is -1.39. The van der Waals surface area contributed by atoms with Crippen LogP contribution in [-0.4, -0.2) is 83.0 Å². The van der Waals surface area contributed by atoms with Crippen molar-refractivity contribution >= 4 is 41.5 Å². The fraction of sp³-hybridized carbons (Fsp3) is 0.588. The second-order valence-corrected chi connectivity index (χ2v) is 6.84. The summed E-state index contributed by atoms with van der Waals surface area (Å²) in [7, 11) is 0. The Morgan fingerprint density at radius 3 is 1.88 bits per heavy atom. The Kier molecular flexibility index (Phi) is 13.2. The minimum Gasteiger partial charge on any atom is -0.481 e. The van der Waals surface area contributed by atoms with Gasteiger partial charge in [0.25, 0.3) is 0 Å². The molecule has 16 nitrogen and oxygen atoms in total. The molecule has 0 rings (SSSR count). The Labute approximate surface area is 188 Å². The molecule has 0 fully saturated rings. The highest BCUT2D eigenvalue weighted by molar-refractivity contribution is 5.95. The first kappa shape index (κ1) is 29.0. The van der Waals surface area contributed by atoms with Gasteiger partial charge in [0, 0.05) is 13.0 Å². The first-order valence-corrected chi connectivity index (χ1v) is 9.75. The minimum atomic E-state index is -1.54. The topological polar surface area (TPSA) is 295 Å². The van der Waals surface area contributed by atoms with Gasteiger partial charge in [0.05, 0.1) is 13.0 Å². The number of aliphatic imine (C=N–C) groups is 1. The highest BCUT2D eigenvalue weighted by Crippen LogP contribution is 2.04. The lowest BCUT2D eigenvalue weighted by Gasteiger charge is -2.24. The second kappa shape index (κ2) is 15.0. The maximum Gasteiger partial charge on any atom is 0.326 e. The highest BCUT2D eigenvalue weighted by atomic mass is 16.4. The van der Waals surface area contributed by atoms with E-state index >= 15 is 0 Å². The van der Waals surface area contributed by atoms with Crippen molar-refractivity contribution in [3.63, 3.8) is 0 Å². The average molecular weight is 474 g/mol. The predicted molar refractivity (Wildman–Crippen MR) is 113 cm³/mol. The lowest BCUT2D eigenvalue weighted by atomic mass is 10.1. The van der Waals surface area contributed by atoms with Crippen LogP contribution in [0.25, 0.3) is 0 Å². The van der Waals surface area contributed by atoms with Gasteiger partial charge in [-0.3, -0.25) is 29.0 Å². The number of guanidine groups is 1. The van der Waals surface area contributed by atoms with Crippen molar-refractivity contribution in [1.82, 2.24) is 16.0 Å². The number of primary amides is 1. The van der Waals surface area contributed by atoms with Gasteiger partial charge in [-0.1, -0.05) is 0 Å². The van der Waals surface area contributed by atoms with Crippen molar-refractivity contribution in [2.24, 2.45) is 27.9 Å². The molecule has 186 valence electrons. The molecule has 0 aliphatic heterocycles. The molecule has 0 saturated carbocycles. The zero-order valence-electron chi connectivity index (χ0n) is 17.8. The van der Waals surface area contributed by atoms with Crippen molar-refractivity contribution in [3.8, 4) is 0 Å². The quantitative estimate of drug-likeness (QED) is 0.0581. The number of nitrogens with one attached hydrogen (secondary N) is 3. The van der Waals surface area contributed by atoms with Crippen molar-refractivity contribution in [2.45, 2.75) is 50.2 Å². The summed E-state index contributed by atoms with van der Waals surface area (Å²) in [4.78, 5) is 73.9. The number of carboxylic acid groups (broad SMARTS) is 2. The van der Waals surface area contributed by atoms with Gasteiger partial charge in [0.2, 0.25) is 23.6 Å². The van der Waals surface area contributed by atoms with Crippen LogP contribution in [0.15, 0.2) is 4.99 Å². The summed E-state index contributed by atoms with van der Waals surface area (Å²) in [5.41, 5.74) is 20.7. The molecule has 4 amide bonds. The van der Waals surface area contributed by atoms with Gasteiger partial charge in [-0.05, 0) is 19.3 Å².